The molecule has 0 aliphatic carbocycles. The minimum absolute atomic E-state index is 0. The Bertz CT molecular complexity index is 709. The van der Waals surface area contributed by atoms with Crippen LogP contribution in [0.4, 0.5) is 0 Å². The number of carbonyl (C=O) groups is 1. The van der Waals surface area contributed by atoms with Gasteiger partial charge in [0.05, 0.1) is 11.2 Å². The van der Waals surface area contributed by atoms with Crippen LogP contribution in [0, 0.1) is 0 Å². The van der Waals surface area contributed by atoms with E-state index in [9.17, 15) is 9.59 Å². The fourth-order valence-electron chi connectivity index (χ4n) is 2.29. The molecule has 0 saturated heterocycles. The summed E-state index contributed by atoms with van der Waals surface area (Å²) in [7, 11) is 0. The van der Waals surface area contributed by atoms with E-state index in [-0.39, 0.29) is 24.3 Å². The predicted molar refractivity (Wildman–Crippen MR) is 86.7 cm³/mol. The van der Waals surface area contributed by atoms with Gasteiger partial charge in [-0.15, -0.1) is 0 Å². The Hall–Kier alpha value is -1.97. The second-order valence-electron chi connectivity index (χ2n) is 6.11. The smallest absolute Gasteiger partial charge is 0.300 e. The SMILES string of the molecule is C.CC(=O)CCn1c(=O)nc(C(C)(C)C)c2ccccc21. The van der Waals surface area contributed by atoms with Crippen molar-refractivity contribution in [2.75, 3.05) is 0 Å². The van der Waals surface area contributed by atoms with E-state index in [4.69, 9.17) is 0 Å². The number of aryl methyl sites for hydroxylation is 1. The summed E-state index contributed by atoms with van der Waals surface area (Å²) in [6.45, 7) is 8.04. The van der Waals surface area contributed by atoms with E-state index >= 15 is 0 Å². The third kappa shape index (κ3) is 3.57. The lowest BCUT2D eigenvalue weighted by molar-refractivity contribution is -0.117. The average molecular weight is 288 g/mol. The highest BCUT2D eigenvalue weighted by Crippen LogP contribution is 2.26. The Kier molecular flexibility index (Phi) is 5.05. The van der Waals surface area contributed by atoms with Gasteiger partial charge in [0.1, 0.15) is 5.78 Å². The first-order chi connectivity index (χ1) is 9.30. The Labute approximate surface area is 125 Å². The van der Waals surface area contributed by atoms with Crippen molar-refractivity contribution in [2.24, 2.45) is 0 Å². The Balaban J connectivity index is 0.00000220. The van der Waals surface area contributed by atoms with E-state index in [1.165, 1.54) is 6.92 Å². The second kappa shape index (κ2) is 6.20. The lowest BCUT2D eigenvalue weighted by Crippen LogP contribution is -2.29. The molecular formula is C17H24N2O2. The largest absolute Gasteiger partial charge is 0.348 e. The van der Waals surface area contributed by atoms with Crippen molar-refractivity contribution in [2.45, 2.75) is 53.5 Å². The number of ketones is 1. The van der Waals surface area contributed by atoms with Crippen LogP contribution in [-0.2, 0) is 16.8 Å². The molecule has 0 spiro atoms. The van der Waals surface area contributed by atoms with Crippen LogP contribution in [0.15, 0.2) is 29.1 Å². The summed E-state index contributed by atoms with van der Waals surface area (Å²) in [6, 6.07) is 7.73. The van der Waals surface area contributed by atoms with E-state index in [2.05, 4.69) is 4.98 Å². The molecule has 0 amide bonds. The van der Waals surface area contributed by atoms with Crippen LogP contribution in [0.2, 0.25) is 0 Å². The molecule has 4 nitrogen and oxygen atoms in total. The Morgan fingerprint density at radius 2 is 1.86 bits per heavy atom. The van der Waals surface area contributed by atoms with Gasteiger partial charge in [-0.2, -0.15) is 4.98 Å². The van der Waals surface area contributed by atoms with E-state index in [1.807, 2.05) is 45.0 Å². The topological polar surface area (TPSA) is 52.0 Å². The van der Waals surface area contributed by atoms with E-state index < -0.39 is 0 Å². The van der Waals surface area contributed by atoms with Gasteiger partial charge in [0, 0.05) is 23.8 Å². The molecular weight excluding hydrogens is 264 g/mol. The maximum Gasteiger partial charge on any atom is 0.348 e. The van der Waals surface area contributed by atoms with Crippen LogP contribution >= 0.6 is 0 Å². The lowest BCUT2D eigenvalue weighted by Gasteiger charge is -2.21. The van der Waals surface area contributed by atoms with Crippen molar-refractivity contribution in [3.8, 4) is 0 Å². The molecule has 0 bridgehead atoms. The molecule has 1 heterocycles. The maximum atomic E-state index is 12.3. The number of aromatic nitrogens is 2. The predicted octanol–water partition coefficient (Wildman–Crippen LogP) is 3.31. The molecule has 0 aliphatic heterocycles. The Morgan fingerprint density at radius 1 is 1.24 bits per heavy atom. The number of rotatable bonds is 3. The standard InChI is InChI=1S/C16H20N2O2.CH4/c1-11(19)9-10-18-13-8-6-5-7-12(13)14(16(2,3)4)17-15(18)20;/h5-8H,9-10H2,1-4H3;1H4. The summed E-state index contributed by atoms with van der Waals surface area (Å²) in [5.74, 6) is 0.0703. The number of hydrogen-bond donors (Lipinski definition) is 0. The van der Waals surface area contributed by atoms with Crippen LogP contribution in [0.1, 0.15) is 47.2 Å². The molecule has 2 aromatic rings. The molecule has 0 fully saturated rings. The second-order valence-corrected chi connectivity index (χ2v) is 6.11. The zero-order valence-electron chi connectivity index (χ0n) is 12.4. The zero-order valence-corrected chi connectivity index (χ0v) is 12.4. The molecule has 21 heavy (non-hydrogen) atoms. The molecule has 2 rings (SSSR count). The molecule has 1 aromatic heterocycles. The van der Waals surface area contributed by atoms with Crippen molar-refractivity contribution in [1.82, 2.24) is 9.55 Å². The quantitative estimate of drug-likeness (QED) is 0.870. The van der Waals surface area contributed by atoms with Gasteiger partial charge in [-0.3, -0.25) is 9.36 Å². The number of benzene rings is 1. The van der Waals surface area contributed by atoms with Crippen LogP contribution in [-0.4, -0.2) is 15.3 Å². The van der Waals surface area contributed by atoms with Crippen molar-refractivity contribution < 1.29 is 4.79 Å². The number of para-hydroxylation sites is 1. The molecule has 0 unspecified atom stereocenters. The van der Waals surface area contributed by atoms with Gasteiger partial charge in [0.25, 0.3) is 0 Å². The first kappa shape index (κ1) is 17.1. The molecule has 114 valence electrons. The summed E-state index contributed by atoms with van der Waals surface area (Å²) >= 11 is 0. The van der Waals surface area contributed by atoms with Crippen molar-refractivity contribution in [3.63, 3.8) is 0 Å². The minimum Gasteiger partial charge on any atom is -0.300 e. The first-order valence-electron chi connectivity index (χ1n) is 6.80. The number of nitrogens with zero attached hydrogens (tertiary/aromatic N) is 2. The maximum absolute atomic E-state index is 12.3. The number of carbonyl (C=O) groups excluding carboxylic acids is 1. The number of Topliss-reactive ketones (excluding diaryl/α,β-unsaturated/α-hetero) is 1. The summed E-state index contributed by atoms with van der Waals surface area (Å²) in [5, 5.41) is 0.975. The van der Waals surface area contributed by atoms with Gasteiger partial charge < -0.3 is 0 Å². The van der Waals surface area contributed by atoms with Crippen LogP contribution in [0.3, 0.4) is 0 Å². The van der Waals surface area contributed by atoms with Crippen LogP contribution in [0.25, 0.3) is 10.9 Å². The minimum atomic E-state index is -0.283. The van der Waals surface area contributed by atoms with Gasteiger partial charge in [0.15, 0.2) is 0 Å². The summed E-state index contributed by atoms with van der Waals surface area (Å²) in [4.78, 5) is 27.7. The lowest BCUT2D eigenvalue weighted by atomic mass is 9.89. The summed E-state index contributed by atoms with van der Waals surface area (Å²) < 4.78 is 1.59. The van der Waals surface area contributed by atoms with Crippen molar-refractivity contribution in [1.29, 1.82) is 0 Å². The van der Waals surface area contributed by atoms with Crippen LogP contribution in [0.5, 0.6) is 0 Å². The fraction of sp³-hybridized carbons (Fsp3) is 0.471. The number of fused-ring (bicyclic) bond motifs is 1. The molecule has 0 saturated carbocycles. The fourth-order valence-corrected chi connectivity index (χ4v) is 2.29. The van der Waals surface area contributed by atoms with Gasteiger partial charge >= 0.3 is 5.69 Å². The average Bonchev–Trinajstić information content (AvgIpc) is 2.35. The highest BCUT2D eigenvalue weighted by molar-refractivity contribution is 5.82. The van der Waals surface area contributed by atoms with E-state index in [0.717, 1.165) is 16.6 Å². The molecule has 0 N–H and O–H groups in total. The van der Waals surface area contributed by atoms with Gasteiger partial charge in [-0.25, -0.2) is 4.79 Å². The van der Waals surface area contributed by atoms with Crippen molar-refractivity contribution >= 4 is 16.7 Å². The highest BCUT2D eigenvalue weighted by Gasteiger charge is 2.21. The monoisotopic (exact) mass is 288 g/mol. The summed E-state index contributed by atoms with van der Waals surface area (Å²) in [5.41, 5.74) is 1.17. The van der Waals surface area contributed by atoms with Crippen molar-refractivity contribution in [3.05, 3.63) is 40.4 Å². The summed E-state index contributed by atoms with van der Waals surface area (Å²) in [6.07, 6.45) is 0.348. The highest BCUT2D eigenvalue weighted by atomic mass is 16.1. The van der Waals surface area contributed by atoms with E-state index in [1.54, 1.807) is 4.57 Å². The molecule has 0 radical (unpaired) electrons. The van der Waals surface area contributed by atoms with Gasteiger partial charge in [0.2, 0.25) is 0 Å². The van der Waals surface area contributed by atoms with Gasteiger partial charge in [-0.05, 0) is 13.0 Å². The zero-order chi connectivity index (χ0) is 14.9. The first-order valence-corrected chi connectivity index (χ1v) is 6.80. The van der Waals surface area contributed by atoms with E-state index in [0.29, 0.717) is 13.0 Å². The normalized spacial score (nSPS) is 11.2. The Morgan fingerprint density at radius 3 is 2.43 bits per heavy atom. The third-order valence-corrected chi connectivity index (χ3v) is 3.29. The van der Waals surface area contributed by atoms with Gasteiger partial charge in [-0.1, -0.05) is 46.4 Å². The van der Waals surface area contributed by atoms with Crippen LogP contribution < -0.4 is 5.69 Å². The number of hydrogen-bond acceptors (Lipinski definition) is 3. The molecule has 0 aliphatic rings. The molecule has 4 heteroatoms. The molecule has 0 atom stereocenters. The molecule has 1 aromatic carbocycles. The third-order valence-electron chi connectivity index (χ3n) is 3.29.